The van der Waals surface area contributed by atoms with Gasteiger partial charge < -0.3 is 0 Å². The number of benzene rings is 2. The predicted octanol–water partition coefficient (Wildman–Crippen LogP) is 4.22. The van der Waals surface area contributed by atoms with Gasteiger partial charge in [0, 0.05) is 42.0 Å². The van der Waals surface area contributed by atoms with Crippen molar-refractivity contribution in [2.75, 3.05) is 4.90 Å². The Morgan fingerprint density at radius 3 is 1.79 bits per heavy atom. The van der Waals surface area contributed by atoms with Crippen LogP contribution in [0, 0.1) is 0 Å². The van der Waals surface area contributed by atoms with Crippen LogP contribution in [-0.2, 0) is 4.79 Å². The van der Waals surface area contributed by atoms with Crippen LogP contribution in [-0.4, -0.2) is 31.8 Å². The van der Waals surface area contributed by atoms with E-state index in [1.165, 1.54) is 0 Å². The quantitative estimate of drug-likeness (QED) is 0.538. The van der Waals surface area contributed by atoms with E-state index in [0.717, 1.165) is 34.6 Å². The standard InChI is InChI=1S/C22H19N5O/c28-18-11-9-17(10-12-18)27(21-23-13-15-5-1-3-7-19(15)25-21)22-24-14-16-6-2-4-8-20(16)26-22/h1-8,13-14,17H,9-12H2. The Bertz CT molecular complexity index is 1090. The van der Waals surface area contributed by atoms with E-state index >= 15 is 0 Å². The van der Waals surface area contributed by atoms with Gasteiger partial charge in [0.2, 0.25) is 11.9 Å². The Morgan fingerprint density at radius 1 is 0.750 bits per heavy atom. The Hall–Kier alpha value is -3.41. The van der Waals surface area contributed by atoms with Crippen molar-refractivity contribution in [1.82, 2.24) is 19.9 Å². The largest absolute Gasteiger partial charge is 0.300 e. The zero-order chi connectivity index (χ0) is 18.9. The maximum absolute atomic E-state index is 11.8. The van der Waals surface area contributed by atoms with E-state index in [1.54, 1.807) is 0 Å². The van der Waals surface area contributed by atoms with Gasteiger partial charge in [0.05, 0.1) is 11.0 Å². The fourth-order valence-electron chi connectivity index (χ4n) is 3.76. The molecule has 138 valence electrons. The number of hydrogen-bond donors (Lipinski definition) is 0. The molecule has 28 heavy (non-hydrogen) atoms. The fourth-order valence-corrected chi connectivity index (χ4v) is 3.76. The third kappa shape index (κ3) is 3.07. The number of rotatable bonds is 3. The lowest BCUT2D eigenvalue weighted by molar-refractivity contribution is -0.120. The van der Waals surface area contributed by atoms with Gasteiger partial charge in [-0.05, 0) is 25.0 Å². The second kappa shape index (κ2) is 6.96. The summed E-state index contributed by atoms with van der Waals surface area (Å²) in [7, 11) is 0. The lowest BCUT2D eigenvalue weighted by Crippen LogP contribution is -2.37. The lowest BCUT2D eigenvalue weighted by atomic mass is 9.93. The fraction of sp³-hybridized carbons (Fsp3) is 0.227. The smallest absolute Gasteiger partial charge is 0.233 e. The minimum absolute atomic E-state index is 0.0972. The van der Waals surface area contributed by atoms with Crippen LogP contribution in [0.1, 0.15) is 25.7 Å². The molecule has 0 N–H and O–H groups in total. The average molecular weight is 369 g/mol. The van der Waals surface area contributed by atoms with Crippen molar-refractivity contribution in [3.63, 3.8) is 0 Å². The zero-order valence-electron chi connectivity index (χ0n) is 15.3. The Kier molecular flexibility index (Phi) is 4.16. The Labute approximate surface area is 162 Å². The number of nitrogens with zero attached hydrogens (tertiary/aromatic N) is 5. The molecule has 0 aliphatic heterocycles. The summed E-state index contributed by atoms with van der Waals surface area (Å²) >= 11 is 0. The number of ketones is 1. The molecule has 0 bridgehead atoms. The van der Waals surface area contributed by atoms with Crippen molar-refractivity contribution in [1.29, 1.82) is 0 Å². The molecule has 0 spiro atoms. The van der Waals surface area contributed by atoms with Crippen LogP contribution in [0.25, 0.3) is 21.8 Å². The molecule has 1 aliphatic carbocycles. The van der Waals surface area contributed by atoms with Gasteiger partial charge >= 0.3 is 0 Å². The summed E-state index contributed by atoms with van der Waals surface area (Å²) in [6.07, 6.45) is 6.32. The molecule has 6 heteroatoms. The summed E-state index contributed by atoms with van der Waals surface area (Å²) in [5.41, 5.74) is 1.76. The van der Waals surface area contributed by atoms with Crippen LogP contribution in [0.4, 0.5) is 11.9 Å². The van der Waals surface area contributed by atoms with E-state index < -0.39 is 0 Å². The molecule has 2 aromatic heterocycles. The lowest BCUT2D eigenvalue weighted by Gasteiger charge is -2.32. The summed E-state index contributed by atoms with van der Waals surface area (Å²) < 4.78 is 0. The van der Waals surface area contributed by atoms with Crippen molar-refractivity contribution in [2.24, 2.45) is 0 Å². The van der Waals surface area contributed by atoms with Crippen molar-refractivity contribution < 1.29 is 4.79 Å². The van der Waals surface area contributed by atoms with Gasteiger partial charge in [0.15, 0.2) is 0 Å². The predicted molar refractivity (Wildman–Crippen MR) is 108 cm³/mol. The molecule has 5 rings (SSSR count). The SMILES string of the molecule is O=C1CCC(N(c2ncc3ccccc3n2)c2ncc3ccccc3n2)CC1. The van der Waals surface area contributed by atoms with Crippen LogP contribution in [0.2, 0.25) is 0 Å². The second-order valence-electron chi connectivity index (χ2n) is 7.10. The van der Waals surface area contributed by atoms with Gasteiger partial charge in [-0.3, -0.25) is 9.69 Å². The number of fused-ring (bicyclic) bond motifs is 2. The molecule has 0 amide bonds. The van der Waals surface area contributed by atoms with E-state index in [2.05, 4.69) is 9.97 Å². The van der Waals surface area contributed by atoms with Gasteiger partial charge in [-0.1, -0.05) is 36.4 Å². The molecule has 1 fully saturated rings. The molecule has 0 radical (unpaired) electrons. The molecule has 0 atom stereocenters. The van der Waals surface area contributed by atoms with E-state index in [1.807, 2.05) is 65.8 Å². The number of carbonyl (C=O) groups is 1. The number of Topliss-reactive ketones (excluding diaryl/α,β-unsaturated/α-hetero) is 1. The van der Waals surface area contributed by atoms with Gasteiger partial charge in [-0.15, -0.1) is 0 Å². The van der Waals surface area contributed by atoms with Crippen molar-refractivity contribution in [2.45, 2.75) is 31.7 Å². The second-order valence-corrected chi connectivity index (χ2v) is 7.10. The Morgan fingerprint density at radius 2 is 1.25 bits per heavy atom. The molecule has 0 saturated heterocycles. The van der Waals surface area contributed by atoms with Gasteiger partial charge in [0.1, 0.15) is 5.78 Å². The van der Waals surface area contributed by atoms with Crippen LogP contribution >= 0.6 is 0 Å². The summed E-state index contributed by atoms with van der Waals surface area (Å²) in [5.74, 6) is 1.47. The van der Waals surface area contributed by atoms with E-state index in [-0.39, 0.29) is 6.04 Å². The maximum atomic E-state index is 11.8. The highest BCUT2D eigenvalue weighted by molar-refractivity contribution is 5.82. The molecule has 1 aliphatic rings. The first-order valence-corrected chi connectivity index (χ1v) is 9.52. The van der Waals surface area contributed by atoms with E-state index in [0.29, 0.717) is 30.5 Å². The number of para-hydroxylation sites is 2. The number of aromatic nitrogens is 4. The van der Waals surface area contributed by atoms with Gasteiger partial charge in [0.25, 0.3) is 0 Å². The number of anilines is 2. The van der Waals surface area contributed by atoms with Crippen molar-refractivity contribution in [3.05, 3.63) is 60.9 Å². The highest BCUT2D eigenvalue weighted by atomic mass is 16.1. The topological polar surface area (TPSA) is 71.9 Å². The highest BCUT2D eigenvalue weighted by Crippen LogP contribution is 2.30. The normalized spacial score (nSPS) is 15.2. The number of hydrogen-bond acceptors (Lipinski definition) is 6. The molecular formula is C22H19N5O. The van der Waals surface area contributed by atoms with Crippen molar-refractivity contribution >= 4 is 39.5 Å². The van der Waals surface area contributed by atoms with Crippen LogP contribution < -0.4 is 4.90 Å². The molecule has 0 unspecified atom stereocenters. The summed E-state index contributed by atoms with van der Waals surface area (Å²) in [6.45, 7) is 0. The summed E-state index contributed by atoms with van der Waals surface area (Å²) in [6, 6.07) is 15.9. The first-order chi connectivity index (χ1) is 13.8. The third-order valence-corrected chi connectivity index (χ3v) is 5.26. The maximum Gasteiger partial charge on any atom is 0.233 e. The minimum Gasteiger partial charge on any atom is -0.300 e. The van der Waals surface area contributed by atoms with E-state index in [9.17, 15) is 4.79 Å². The molecular weight excluding hydrogens is 350 g/mol. The van der Waals surface area contributed by atoms with Crippen LogP contribution in [0.3, 0.4) is 0 Å². The first kappa shape index (κ1) is 16.7. The highest BCUT2D eigenvalue weighted by Gasteiger charge is 2.29. The minimum atomic E-state index is 0.0972. The van der Waals surface area contributed by atoms with Crippen LogP contribution in [0.5, 0.6) is 0 Å². The molecule has 1 saturated carbocycles. The zero-order valence-corrected chi connectivity index (χ0v) is 15.3. The van der Waals surface area contributed by atoms with E-state index in [4.69, 9.17) is 9.97 Å². The first-order valence-electron chi connectivity index (χ1n) is 9.52. The average Bonchev–Trinajstić information content (AvgIpc) is 2.75. The summed E-state index contributed by atoms with van der Waals surface area (Å²) in [4.78, 5) is 32.5. The van der Waals surface area contributed by atoms with Gasteiger partial charge in [-0.25, -0.2) is 19.9 Å². The Balaban J connectivity index is 1.63. The van der Waals surface area contributed by atoms with Crippen molar-refractivity contribution in [3.8, 4) is 0 Å². The number of carbonyl (C=O) groups excluding carboxylic acids is 1. The summed E-state index contributed by atoms with van der Waals surface area (Å²) in [5, 5.41) is 1.98. The molecule has 2 heterocycles. The molecule has 6 nitrogen and oxygen atoms in total. The van der Waals surface area contributed by atoms with Crippen LogP contribution in [0.15, 0.2) is 60.9 Å². The third-order valence-electron chi connectivity index (χ3n) is 5.26. The molecule has 2 aromatic carbocycles. The van der Waals surface area contributed by atoms with Gasteiger partial charge in [-0.2, -0.15) is 0 Å². The molecule has 4 aromatic rings. The monoisotopic (exact) mass is 369 g/mol.